The van der Waals surface area contributed by atoms with Gasteiger partial charge in [0.2, 0.25) is 0 Å². The third-order valence-corrected chi connectivity index (χ3v) is 1.75. The molecule has 64 valence electrons. The zero-order chi connectivity index (χ0) is 9.14. The van der Waals surface area contributed by atoms with Crippen LogP contribution in [0.2, 0.25) is 0 Å². The van der Waals surface area contributed by atoms with E-state index in [0.29, 0.717) is 0 Å². The van der Waals surface area contributed by atoms with Crippen molar-refractivity contribution in [3.8, 4) is 23.7 Å². The summed E-state index contributed by atoms with van der Waals surface area (Å²) in [5.41, 5.74) is 0. The Morgan fingerprint density at radius 1 is 0.667 bits per heavy atom. The first-order valence-corrected chi connectivity index (χ1v) is 3.96. The Morgan fingerprint density at radius 2 is 0.917 bits per heavy atom. The second-order valence-electron chi connectivity index (χ2n) is 3.31. The maximum absolute atomic E-state index is 3.11. The molecule has 1 aliphatic carbocycles. The quantitative estimate of drug-likeness (QED) is 0.522. The molecule has 0 aliphatic heterocycles. The fraction of sp³-hybridized carbons (Fsp3) is 0.600. The van der Waals surface area contributed by atoms with Gasteiger partial charge in [-0.3, -0.25) is 9.80 Å². The second-order valence-corrected chi connectivity index (χ2v) is 3.31. The molecule has 0 radical (unpaired) electrons. The molecule has 0 bridgehead atoms. The first-order chi connectivity index (χ1) is 5.61. The SMILES string of the molecule is CN(C)C1C#CC(N(C)C)C#C1. The molecule has 0 atom stereocenters. The Kier molecular flexibility index (Phi) is 2.76. The van der Waals surface area contributed by atoms with E-state index in [9.17, 15) is 0 Å². The van der Waals surface area contributed by atoms with Crippen LogP contribution in [-0.4, -0.2) is 50.1 Å². The lowest BCUT2D eigenvalue weighted by molar-refractivity contribution is 0.390. The van der Waals surface area contributed by atoms with E-state index in [1.807, 2.05) is 38.0 Å². The normalized spacial score (nSPS) is 26.2. The molecule has 0 saturated carbocycles. The van der Waals surface area contributed by atoms with Gasteiger partial charge in [0.1, 0.15) is 12.1 Å². The predicted octanol–water partition coefficient (Wildman–Crippen LogP) is -0.133. The van der Waals surface area contributed by atoms with Crippen LogP contribution in [0.1, 0.15) is 0 Å². The van der Waals surface area contributed by atoms with Gasteiger partial charge in [-0.1, -0.05) is 23.7 Å². The molecule has 0 spiro atoms. The summed E-state index contributed by atoms with van der Waals surface area (Å²) in [6.07, 6.45) is 0. The average molecular weight is 162 g/mol. The molecular weight excluding hydrogens is 148 g/mol. The Morgan fingerprint density at radius 3 is 1.08 bits per heavy atom. The van der Waals surface area contributed by atoms with Crippen molar-refractivity contribution in [1.29, 1.82) is 0 Å². The van der Waals surface area contributed by atoms with E-state index >= 15 is 0 Å². The molecule has 0 amide bonds. The highest BCUT2D eigenvalue weighted by Crippen LogP contribution is 1.97. The highest BCUT2D eigenvalue weighted by molar-refractivity contribution is 5.36. The van der Waals surface area contributed by atoms with Crippen LogP contribution in [0.25, 0.3) is 0 Å². The van der Waals surface area contributed by atoms with E-state index in [1.54, 1.807) is 0 Å². The van der Waals surface area contributed by atoms with Gasteiger partial charge in [0, 0.05) is 0 Å². The van der Waals surface area contributed by atoms with Gasteiger partial charge < -0.3 is 0 Å². The van der Waals surface area contributed by atoms with Crippen LogP contribution >= 0.6 is 0 Å². The number of rotatable bonds is 2. The van der Waals surface area contributed by atoms with Gasteiger partial charge in [-0.2, -0.15) is 0 Å². The molecule has 0 heterocycles. The molecule has 1 rings (SSSR count). The topological polar surface area (TPSA) is 6.48 Å². The summed E-state index contributed by atoms with van der Waals surface area (Å²) in [7, 11) is 7.96. The van der Waals surface area contributed by atoms with E-state index < -0.39 is 0 Å². The molecule has 1 aliphatic rings. The third kappa shape index (κ3) is 2.01. The molecule has 2 heteroatoms. The van der Waals surface area contributed by atoms with E-state index in [4.69, 9.17) is 0 Å². The van der Waals surface area contributed by atoms with Gasteiger partial charge in [0.05, 0.1) is 0 Å². The standard InChI is InChI=1S/C10H14N2/c1-11(2)9-5-7-10(8-6-9)12(3)4/h9-10H,1-4H3. The van der Waals surface area contributed by atoms with Gasteiger partial charge in [-0.05, 0) is 28.2 Å². The zero-order valence-electron chi connectivity index (χ0n) is 8.05. The van der Waals surface area contributed by atoms with Crippen molar-refractivity contribution in [2.24, 2.45) is 0 Å². The summed E-state index contributed by atoms with van der Waals surface area (Å²) in [6.45, 7) is 0. The Balaban J connectivity index is 2.64. The van der Waals surface area contributed by atoms with Crippen LogP contribution in [0.3, 0.4) is 0 Å². The first-order valence-electron chi connectivity index (χ1n) is 3.96. The lowest BCUT2D eigenvalue weighted by Gasteiger charge is -2.18. The number of hydrogen-bond acceptors (Lipinski definition) is 2. The third-order valence-electron chi connectivity index (χ3n) is 1.75. The minimum absolute atomic E-state index is 0.112. The van der Waals surface area contributed by atoms with E-state index in [1.165, 1.54) is 0 Å². The van der Waals surface area contributed by atoms with Crippen LogP contribution in [0.15, 0.2) is 0 Å². The van der Waals surface area contributed by atoms with Crippen molar-refractivity contribution >= 4 is 0 Å². The van der Waals surface area contributed by atoms with Crippen LogP contribution < -0.4 is 0 Å². The summed E-state index contributed by atoms with van der Waals surface area (Å²) in [5, 5.41) is 0. The van der Waals surface area contributed by atoms with Gasteiger partial charge in [0.15, 0.2) is 0 Å². The van der Waals surface area contributed by atoms with Crippen molar-refractivity contribution in [3.63, 3.8) is 0 Å². The van der Waals surface area contributed by atoms with Crippen LogP contribution in [0.5, 0.6) is 0 Å². The maximum Gasteiger partial charge on any atom is 0.133 e. The summed E-state index contributed by atoms with van der Waals surface area (Å²) in [5.74, 6) is 12.4. The van der Waals surface area contributed by atoms with Crippen molar-refractivity contribution in [1.82, 2.24) is 9.80 Å². The molecule has 12 heavy (non-hydrogen) atoms. The van der Waals surface area contributed by atoms with Crippen LogP contribution in [0, 0.1) is 23.7 Å². The molecule has 0 N–H and O–H groups in total. The van der Waals surface area contributed by atoms with E-state index in [2.05, 4.69) is 23.7 Å². The van der Waals surface area contributed by atoms with Gasteiger partial charge in [0.25, 0.3) is 0 Å². The van der Waals surface area contributed by atoms with Crippen molar-refractivity contribution in [2.75, 3.05) is 28.2 Å². The van der Waals surface area contributed by atoms with Crippen molar-refractivity contribution in [2.45, 2.75) is 12.1 Å². The minimum atomic E-state index is 0.112. The molecule has 0 saturated heterocycles. The second kappa shape index (κ2) is 3.63. The van der Waals surface area contributed by atoms with Gasteiger partial charge >= 0.3 is 0 Å². The maximum atomic E-state index is 3.11. The molecule has 0 fully saturated rings. The monoisotopic (exact) mass is 162 g/mol. The molecule has 0 aromatic carbocycles. The minimum Gasteiger partial charge on any atom is -0.286 e. The van der Waals surface area contributed by atoms with Crippen LogP contribution in [-0.2, 0) is 0 Å². The average Bonchev–Trinajstić information content (AvgIpc) is 2.04. The lowest BCUT2D eigenvalue weighted by atomic mass is 10.1. The van der Waals surface area contributed by atoms with E-state index in [-0.39, 0.29) is 12.1 Å². The summed E-state index contributed by atoms with van der Waals surface area (Å²) in [6, 6.07) is 0.224. The fourth-order valence-electron chi connectivity index (χ4n) is 0.904. The highest BCUT2D eigenvalue weighted by atomic mass is 15.1. The predicted molar refractivity (Wildman–Crippen MR) is 50.5 cm³/mol. The Hall–Kier alpha value is -0.960. The molecule has 0 aromatic rings. The Labute approximate surface area is 74.5 Å². The van der Waals surface area contributed by atoms with Gasteiger partial charge in [-0.25, -0.2) is 0 Å². The zero-order valence-corrected chi connectivity index (χ0v) is 8.05. The smallest absolute Gasteiger partial charge is 0.133 e. The molecule has 0 aromatic heterocycles. The first kappa shape index (κ1) is 9.13. The van der Waals surface area contributed by atoms with Crippen molar-refractivity contribution < 1.29 is 0 Å². The summed E-state index contributed by atoms with van der Waals surface area (Å²) >= 11 is 0. The summed E-state index contributed by atoms with van der Waals surface area (Å²) in [4.78, 5) is 4.04. The van der Waals surface area contributed by atoms with E-state index in [0.717, 1.165) is 0 Å². The van der Waals surface area contributed by atoms with Crippen LogP contribution in [0.4, 0.5) is 0 Å². The molecule has 0 unspecified atom stereocenters. The number of hydrogen-bond donors (Lipinski definition) is 0. The highest BCUT2D eigenvalue weighted by Gasteiger charge is 2.10. The molecular formula is C10H14N2. The Bertz CT molecular complexity index is 224. The number of nitrogens with zero attached hydrogens (tertiary/aromatic N) is 2. The largest absolute Gasteiger partial charge is 0.286 e. The molecule has 2 nitrogen and oxygen atoms in total. The fourth-order valence-corrected chi connectivity index (χ4v) is 0.904. The van der Waals surface area contributed by atoms with Gasteiger partial charge in [-0.15, -0.1) is 0 Å². The van der Waals surface area contributed by atoms with Crippen molar-refractivity contribution in [3.05, 3.63) is 0 Å². The lowest BCUT2D eigenvalue weighted by Crippen LogP contribution is -2.31. The summed E-state index contributed by atoms with van der Waals surface area (Å²) < 4.78 is 0.